The summed E-state index contributed by atoms with van der Waals surface area (Å²) in [4.78, 5) is 27.3. The summed E-state index contributed by atoms with van der Waals surface area (Å²) in [5, 5.41) is 0. The predicted octanol–water partition coefficient (Wildman–Crippen LogP) is 1.61. The first kappa shape index (κ1) is 11.8. The Hall–Kier alpha value is -1.24. The Balaban J connectivity index is 4.61. The highest BCUT2D eigenvalue weighted by atomic mass is 16.1. The van der Waals surface area contributed by atoms with Crippen LogP contribution in [0, 0.1) is 0 Å². The maximum atomic E-state index is 10.2. The summed E-state index contributed by atoms with van der Waals surface area (Å²) in [5.41, 5.74) is -0.534. The molecule has 0 amide bonds. The minimum atomic E-state index is -0.534. The van der Waals surface area contributed by atoms with E-state index in [0.29, 0.717) is 6.42 Å². The average molecular weight is 182 g/mol. The molecule has 1 unspecified atom stereocenters. The fraction of sp³-hybridized carbons (Fsp3) is 0.778. The highest BCUT2D eigenvalue weighted by Gasteiger charge is 2.26. The van der Waals surface area contributed by atoms with Gasteiger partial charge in [0, 0.05) is 0 Å². The van der Waals surface area contributed by atoms with E-state index < -0.39 is 5.54 Å². The van der Waals surface area contributed by atoms with Crippen molar-refractivity contribution in [3.63, 3.8) is 0 Å². The lowest BCUT2D eigenvalue weighted by Gasteiger charge is -2.23. The molecular weight excluding hydrogens is 168 g/mol. The van der Waals surface area contributed by atoms with Crippen LogP contribution in [0.4, 0.5) is 0 Å². The molecule has 0 aromatic heterocycles. The third-order valence-electron chi connectivity index (χ3n) is 2.09. The predicted molar refractivity (Wildman–Crippen MR) is 49.0 cm³/mol. The molecule has 0 aliphatic heterocycles. The molecule has 0 spiro atoms. The van der Waals surface area contributed by atoms with Crippen molar-refractivity contribution in [2.45, 2.75) is 38.6 Å². The molecule has 0 fully saturated rings. The standard InChI is InChI=1S/C9H14N2O2/c1-3-5-9(4-2,11-8-13)6-10-7-12/h3-6H2,1-2H3. The van der Waals surface area contributed by atoms with Gasteiger partial charge in [0.2, 0.25) is 12.2 Å². The molecule has 0 N–H and O–H groups in total. The first-order valence-electron chi connectivity index (χ1n) is 4.37. The van der Waals surface area contributed by atoms with Crippen LogP contribution in [0.25, 0.3) is 0 Å². The second-order valence-corrected chi connectivity index (χ2v) is 2.94. The van der Waals surface area contributed by atoms with Crippen molar-refractivity contribution in [1.29, 1.82) is 0 Å². The van der Waals surface area contributed by atoms with Gasteiger partial charge in [0.25, 0.3) is 0 Å². The highest BCUT2D eigenvalue weighted by Crippen LogP contribution is 2.22. The summed E-state index contributed by atoms with van der Waals surface area (Å²) in [6, 6.07) is 0. The van der Waals surface area contributed by atoms with E-state index in [-0.39, 0.29) is 6.54 Å². The molecule has 1 atom stereocenters. The van der Waals surface area contributed by atoms with E-state index in [1.54, 1.807) is 0 Å². The molecule has 0 rings (SSSR count). The number of nitrogens with zero attached hydrogens (tertiary/aromatic N) is 2. The SMILES string of the molecule is CCCC(CC)(CN=C=O)N=C=O. The number of hydrogen-bond acceptors (Lipinski definition) is 4. The summed E-state index contributed by atoms with van der Waals surface area (Å²) in [6.07, 6.45) is 5.32. The van der Waals surface area contributed by atoms with Crippen LogP contribution in [0.3, 0.4) is 0 Å². The van der Waals surface area contributed by atoms with Crippen LogP contribution in [0.1, 0.15) is 33.1 Å². The number of rotatable bonds is 6. The third-order valence-corrected chi connectivity index (χ3v) is 2.09. The van der Waals surface area contributed by atoms with Gasteiger partial charge in [-0.1, -0.05) is 20.3 Å². The molecule has 13 heavy (non-hydrogen) atoms. The normalized spacial score (nSPS) is 13.7. The van der Waals surface area contributed by atoms with E-state index in [1.165, 1.54) is 12.2 Å². The van der Waals surface area contributed by atoms with Gasteiger partial charge in [0.15, 0.2) is 0 Å². The average Bonchev–Trinajstić information content (AvgIpc) is 2.15. The number of aliphatic imine (C=N–C) groups is 2. The van der Waals surface area contributed by atoms with Gasteiger partial charge in [-0.05, 0) is 12.8 Å². The Morgan fingerprint density at radius 2 is 1.92 bits per heavy atom. The second kappa shape index (κ2) is 6.30. The number of hydrogen-bond donors (Lipinski definition) is 0. The quantitative estimate of drug-likeness (QED) is 0.462. The molecular formula is C9H14N2O2. The molecule has 0 saturated carbocycles. The highest BCUT2D eigenvalue weighted by molar-refractivity contribution is 5.36. The van der Waals surface area contributed by atoms with Crippen LogP contribution in [-0.4, -0.2) is 24.2 Å². The van der Waals surface area contributed by atoms with Gasteiger partial charge < -0.3 is 0 Å². The molecule has 0 saturated heterocycles. The zero-order chi connectivity index (χ0) is 10.2. The Kier molecular flexibility index (Phi) is 5.69. The second-order valence-electron chi connectivity index (χ2n) is 2.94. The molecule has 0 aliphatic rings. The number of isocyanates is 2. The largest absolute Gasteiger partial charge is 0.235 e. The smallest absolute Gasteiger partial charge is 0.211 e. The summed E-state index contributed by atoms with van der Waals surface area (Å²) in [5.74, 6) is 0. The Labute approximate surface area is 77.8 Å². The zero-order valence-electron chi connectivity index (χ0n) is 8.04. The van der Waals surface area contributed by atoms with Gasteiger partial charge in [-0.25, -0.2) is 14.6 Å². The van der Waals surface area contributed by atoms with Crippen LogP contribution < -0.4 is 0 Å². The fourth-order valence-electron chi connectivity index (χ4n) is 1.28. The molecule has 4 heteroatoms. The third kappa shape index (κ3) is 3.79. The molecule has 0 bridgehead atoms. The molecule has 4 nitrogen and oxygen atoms in total. The van der Waals surface area contributed by atoms with Gasteiger partial charge in [-0.3, -0.25) is 0 Å². The summed E-state index contributed by atoms with van der Waals surface area (Å²) >= 11 is 0. The minimum absolute atomic E-state index is 0.232. The Bertz CT molecular complexity index is 240. The molecule has 0 aromatic carbocycles. The van der Waals surface area contributed by atoms with E-state index in [2.05, 4.69) is 9.98 Å². The van der Waals surface area contributed by atoms with Crippen LogP contribution >= 0.6 is 0 Å². The van der Waals surface area contributed by atoms with E-state index in [4.69, 9.17) is 0 Å². The van der Waals surface area contributed by atoms with Gasteiger partial charge >= 0.3 is 0 Å². The van der Waals surface area contributed by atoms with E-state index >= 15 is 0 Å². The maximum absolute atomic E-state index is 10.2. The summed E-state index contributed by atoms with van der Waals surface area (Å²) in [7, 11) is 0. The van der Waals surface area contributed by atoms with Crippen molar-refractivity contribution < 1.29 is 9.59 Å². The van der Waals surface area contributed by atoms with Crippen LogP contribution in [0.15, 0.2) is 9.98 Å². The Morgan fingerprint density at radius 3 is 2.31 bits per heavy atom. The van der Waals surface area contributed by atoms with Gasteiger partial charge in [-0.2, -0.15) is 4.99 Å². The van der Waals surface area contributed by atoms with Crippen molar-refractivity contribution in [2.75, 3.05) is 6.54 Å². The molecule has 0 aliphatic carbocycles. The summed E-state index contributed by atoms with van der Waals surface area (Å²) in [6.45, 7) is 4.14. The first-order chi connectivity index (χ1) is 6.24. The van der Waals surface area contributed by atoms with E-state index in [1.807, 2.05) is 13.8 Å². The van der Waals surface area contributed by atoms with Gasteiger partial charge in [0.05, 0.1) is 12.1 Å². The van der Waals surface area contributed by atoms with Crippen LogP contribution in [-0.2, 0) is 9.59 Å². The van der Waals surface area contributed by atoms with Gasteiger partial charge in [0.1, 0.15) is 0 Å². The van der Waals surface area contributed by atoms with Crippen molar-refractivity contribution in [3.8, 4) is 0 Å². The van der Waals surface area contributed by atoms with Crippen molar-refractivity contribution in [3.05, 3.63) is 0 Å². The maximum Gasteiger partial charge on any atom is 0.235 e. The Morgan fingerprint density at radius 1 is 1.23 bits per heavy atom. The summed E-state index contributed by atoms with van der Waals surface area (Å²) < 4.78 is 0. The lowest BCUT2D eigenvalue weighted by Crippen LogP contribution is -2.29. The van der Waals surface area contributed by atoms with Crippen molar-refractivity contribution in [1.82, 2.24) is 0 Å². The van der Waals surface area contributed by atoms with E-state index in [0.717, 1.165) is 12.8 Å². The van der Waals surface area contributed by atoms with Crippen LogP contribution in [0.5, 0.6) is 0 Å². The van der Waals surface area contributed by atoms with Crippen LogP contribution in [0.2, 0.25) is 0 Å². The van der Waals surface area contributed by atoms with Crippen molar-refractivity contribution >= 4 is 12.2 Å². The lowest BCUT2D eigenvalue weighted by atomic mass is 9.92. The molecule has 72 valence electrons. The molecule has 0 heterocycles. The zero-order valence-corrected chi connectivity index (χ0v) is 8.04. The number of carbonyl (C=O) groups excluding carboxylic acids is 2. The molecule has 0 radical (unpaired) electrons. The monoisotopic (exact) mass is 182 g/mol. The fourth-order valence-corrected chi connectivity index (χ4v) is 1.28. The lowest BCUT2D eigenvalue weighted by molar-refractivity contribution is 0.386. The molecule has 0 aromatic rings. The van der Waals surface area contributed by atoms with E-state index in [9.17, 15) is 9.59 Å². The van der Waals surface area contributed by atoms with Gasteiger partial charge in [-0.15, -0.1) is 0 Å². The minimum Gasteiger partial charge on any atom is -0.211 e. The topological polar surface area (TPSA) is 58.9 Å². The first-order valence-corrected chi connectivity index (χ1v) is 4.37. The van der Waals surface area contributed by atoms with Crippen molar-refractivity contribution in [2.24, 2.45) is 9.98 Å².